The van der Waals surface area contributed by atoms with Crippen molar-refractivity contribution in [1.29, 1.82) is 0 Å². The first kappa shape index (κ1) is 22.3. The summed E-state index contributed by atoms with van der Waals surface area (Å²) in [6.07, 6.45) is 3.49. The Morgan fingerprint density at radius 2 is 1.69 bits per heavy atom. The minimum Gasteiger partial charge on any atom is -0.295 e. The lowest BCUT2D eigenvalue weighted by molar-refractivity contribution is -0.134. The predicted molar refractivity (Wildman–Crippen MR) is 136 cm³/mol. The molecule has 3 heterocycles. The number of halogens is 1. The van der Waals surface area contributed by atoms with Crippen LogP contribution in [-0.2, 0) is 16.0 Å². The number of nitrogens with one attached hydrogen (secondary N) is 1. The number of nitrogens with zero attached hydrogens (tertiary/aromatic N) is 2. The van der Waals surface area contributed by atoms with Crippen LogP contribution in [0.2, 0.25) is 0 Å². The number of hydrogen-bond donors (Lipinski definition) is 1. The van der Waals surface area contributed by atoms with E-state index in [0.29, 0.717) is 17.9 Å². The molecule has 1 atom stereocenters. The summed E-state index contributed by atoms with van der Waals surface area (Å²) in [5.74, 6) is -0.312. The van der Waals surface area contributed by atoms with Gasteiger partial charge in [-0.15, -0.1) is 0 Å². The van der Waals surface area contributed by atoms with E-state index in [1.54, 1.807) is 4.90 Å². The summed E-state index contributed by atoms with van der Waals surface area (Å²) in [6, 6.07) is 18.0. The molecular formula is C28H26ClN3O3. The van der Waals surface area contributed by atoms with Gasteiger partial charge >= 0.3 is 0 Å². The zero-order valence-corrected chi connectivity index (χ0v) is 20.1. The summed E-state index contributed by atoms with van der Waals surface area (Å²) in [6.45, 7) is 1.84. The van der Waals surface area contributed by atoms with Crippen LogP contribution in [0.4, 0.5) is 5.69 Å². The van der Waals surface area contributed by atoms with Crippen molar-refractivity contribution in [2.24, 2.45) is 0 Å². The highest BCUT2D eigenvalue weighted by atomic mass is 35.5. The first-order valence-corrected chi connectivity index (χ1v) is 12.5. The van der Waals surface area contributed by atoms with Crippen LogP contribution in [0.15, 0.2) is 54.6 Å². The number of imide groups is 1. The van der Waals surface area contributed by atoms with Gasteiger partial charge in [-0.25, -0.2) is 4.42 Å². The summed E-state index contributed by atoms with van der Waals surface area (Å²) < 4.78 is 1.87. The third kappa shape index (κ3) is 3.91. The Morgan fingerprint density at radius 1 is 0.914 bits per heavy atom. The van der Waals surface area contributed by atoms with E-state index >= 15 is 0 Å². The molecule has 1 unspecified atom stereocenters. The van der Waals surface area contributed by atoms with Crippen LogP contribution in [0.5, 0.6) is 0 Å². The standard InChI is InChI=1S/C28H26ClN3O3/c29-31-14-12-19(13-15-31)18-6-4-17(5-7-18)16-20-8-9-23-26-21(20)2-1-3-22(26)28(35)32(23)24-10-11-25(33)30-27(24)34/h1-9,19,24H,10-16H2,(H,30,33,34). The monoisotopic (exact) mass is 487 g/mol. The molecular weight excluding hydrogens is 462 g/mol. The number of benzene rings is 3. The molecule has 1 N–H and O–H groups in total. The third-order valence-electron chi connectivity index (χ3n) is 7.63. The van der Waals surface area contributed by atoms with Crippen LogP contribution in [0.1, 0.15) is 58.6 Å². The van der Waals surface area contributed by atoms with Gasteiger partial charge in [-0.3, -0.25) is 24.6 Å². The average molecular weight is 488 g/mol. The minimum absolute atomic E-state index is 0.176. The Morgan fingerprint density at radius 3 is 2.43 bits per heavy atom. The summed E-state index contributed by atoms with van der Waals surface area (Å²) in [7, 11) is 0. The number of carbonyl (C=O) groups is 3. The van der Waals surface area contributed by atoms with Gasteiger partial charge in [-0.05, 0) is 77.6 Å². The van der Waals surface area contributed by atoms with Crippen molar-refractivity contribution in [2.45, 2.75) is 44.1 Å². The highest BCUT2D eigenvalue weighted by molar-refractivity contribution is 6.27. The fraction of sp³-hybridized carbons (Fsp3) is 0.321. The second-order valence-electron chi connectivity index (χ2n) is 9.72. The molecule has 35 heavy (non-hydrogen) atoms. The average Bonchev–Trinajstić information content (AvgIpc) is 3.15. The Kier molecular flexibility index (Phi) is 5.58. The number of hydrogen-bond acceptors (Lipinski definition) is 4. The first-order chi connectivity index (χ1) is 17.0. The Bertz CT molecular complexity index is 1350. The van der Waals surface area contributed by atoms with Gasteiger partial charge in [0.25, 0.3) is 5.91 Å². The van der Waals surface area contributed by atoms with Crippen LogP contribution >= 0.6 is 11.8 Å². The lowest BCUT2D eigenvalue weighted by Crippen LogP contribution is -2.53. The van der Waals surface area contributed by atoms with E-state index < -0.39 is 11.9 Å². The van der Waals surface area contributed by atoms with Crippen molar-refractivity contribution >= 4 is 46.0 Å². The molecule has 0 saturated carbocycles. The molecule has 6 rings (SSSR count). The van der Waals surface area contributed by atoms with Gasteiger partial charge in [0.15, 0.2) is 0 Å². The maximum atomic E-state index is 13.3. The van der Waals surface area contributed by atoms with Crippen molar-refractivity contribution in [2.75, 3.05) is 18.0 Å². The molecule has 6 nitrogen and oxygen atoms in total. The highest BCUT2D eigenvalue weighted by Gasteiger charge is 2.40. The van der Waals surface area contributed by atoms with Gasteiger partial charge in [0.05, 0.1) is 5.69 Å². The van der Waals surface area contributed by atoms with E-state index in [2.05, 4.69) is 35.6 Å². The second kappa shape index (κ2) is 8.77. The topological polar surface area (TPSA) is 69.7 Å². The van der Waals surface area contributed by atoms with Gasteiger partial charge in [0.1, 0.15) is 6.04 Å². The lowest BCUT2D eigenvalue weighted by atomic mass is 9.89. The van der Waals surface area contributed by atoms with Gasteiger partial charge in [-0.1, -0.05) is 42.5 Å². The molecule has 0 aromatic heterocycles. The molecule has 3 aliphatic rings. The summed E-state index contributed by atoms with van der Waals surface area (Å²) in [4.78, 5) is 39.1. The minimum atomic E-state index is -0.667. The Balaban J connectivity index is 1.29. The van der Waals surface area contributed by atoms with E-state index in [-0.39, 0.29) is 18.2 Å². The van der Waals surface area contributed by atoms with E-state index in [1.165, 1.54) is 11.1 Å². The van der Waals surface area contributed by atoms with E-state index in [0.717, 1.165) is 54.4 Å². The lowest BCUT2D eigenvalue weighted by Gasteiger charge is -2.30. The maximum Gasteiger partial charge on any atom is 0.259 e. The van der Waals surface area contributed by atoms with Crippen LogP contribution < -0.4 is 10.2 Å². The van der Waals surface area contributed by atoms with Crippen molar-refractivity contribution in [3.8, 4) is 0 Å². The fourth-order valence-electron chi connectivity index (χ4n) is 5.77. The SMILES string of the molecule is O=C1CCC(N2C(=O)c3cccc4c(Cc5ccc(C6CCN(Cl)CC6)cc5)ccc2c34)C(=O)N1. The summed E-state index contributed by atoms with van der Waals surface area (Å²) >= 11 is 6.11. The number of piperidine rings is 2. The van der Waals surface area contributed by atoms with Crippen molar-refractivity contribution < 1.29 is 14.4 Å². The van der Waals surface area contributed by atoms with Crippen molar-refractivity contribution in [3.63, 3.8) is 0 Å². The van der Waals surface area contributed by atoms with Crippen molar-refractivity contribution in [3.05, 3.63) is 76.9 Å². The fourth-order valence-corrected chi connectivity index (χ4v) is 5.96. The van der Waals surface area contributed by atoms with E-state index in [4.69, 9.17) is 11.8 Å². The smallest absolute Gasteiger partial charge is 0.259 e. The number of amides is 3. The second-order valence-corrected chi connectivity index (χ2v) is 10.2. The zero-order valence-electron chi connectivity index (χ0n) is 19.3. The Labute approximate surface area is 209 Å². The largest absolute Gasteiger partial charge is 0.295 e. The first-order valence-electron chi connectivity index (χ1n) is 12.2. The summed E-state index contributed by atoms with van der Waals surface area (Å²) in [5.41, 5.74) is 5.09. The summed E-state index contributed by atoms with van der Waals surface area (Å²) in [5, 5.41) is 4.30. The molecule has 7 heteroatoms. The van der Waals surface area contributed by atoms with Crippen LogP contribution in [0.25, 0.3) is 10.8 Å². The van der Waals surface area contributed by atoms with Crippen molar-refractivity contribution in [1.82, 2.24) is 9.74 Å². The van der Waals surface area contributed by atoms with Gasteiger partial charge in [0, 0.05) is 30.5 Å². The molecule has 0 spiro atoms. The number of anilines is 1. The Hall–Kier alpha value is -3.22. The number of carbonyl (C=O) groups excluding carboxylic acids is 3. The molecule has 0 bridgehead atoms. The molecule has 0 radical (unpaired) electrons. The highest BCUT2D eigenvalue weighted by Crippen LogP contribution is 2.41. The molecule has 3 aromatic carbocycles. The zero-order chi connectivity index (χ0) is 24.1. The molecule has 3 aliphatic heterocycles. The maximum absolute atomic E-state index is 13.3. The quantitative estimate of drug-likeness (QED) is 0.433. The molecule has 3 aromatic rings. The van der Waals surface area contributed by atoms with Gasteiger partial charge in [0.2, 0.25) is 11.8 Å². The van der Waals surface area contributed by atoms with E-state index in [9.17, 15) is 14.4 Å². The molecule has 0 aliphatic carbocycles. The molecule has 178 valence electrons. The van der Waals surface area contributed by atoms with Gasteiger partial charge in [-0.2, -0.15) is 0 Å². The third-order valence-corrected chi connectivity index (χ3v) is 7.96. The molecule has 2 fully saturated rings. The van der Waals surface area contributed by atoms with Crippen LogP contribution in [0, 0.1) is 0 Å². The van der Waals surface area contributed by atoms with Crippen LogP contribution in [0.3, 0.4) is 0 Å². The van der Waals surface area contributed by atoms with Gasteiger partial charge < -0.3 is 0 Å². The predicted octanol–water partition coefficient (Wildman–Crippen LogP) is 4.53. The van der Waals surface area contributed by atoms with Crippen LogP contribution in [-0.4, -0.2) is 41.3 Å². The molecule has 2 saturated heterocycles. The normalized spacial score (nSPS) is 21.1. The van der Waals surface area contributed by atoms with E-state index in [1.807, 2.05) is 28.7 Å². The molecule has 3 amide bonds. The number of rotatable bonds is 4.